The van der Waals surface area contributed by atoms with Crippen molar-refractivity contribution in [3.8, 4) is 0 Å². The molecule has 22 heavy (non-hydrogen) atoms. The van der Waals surface area contributed by atoms with E-state index < -0.39 is 0 Å². The summed E-state index contributed by atoms with van der Waals surface area (Å²) in [6.45, 7) is 4.49. The van der Waals surface area contributed by atoms with Gasteiger partial charge in [0.05, 0.1) is 0 Å². The van der Waals surface area contributed by atoms with E-state index in [-0.39, 0.29) is 17.3 Å². The third kappa shape index (κ3) is 3.05. The molecule has 0 radical (unpaired) electrons. The summed E-state index contributed by atoms with van der Waals surface area (Å²) in [5.41, 5.74) is 1.92. The van der Waals surface area contributed by atoms with Gasteiger partial charge in [-0.25, -0.2) is 14.4 Å². The van der Waals surface area contributed by atoms with Crippen LogP contribution in [0.3, 0.4) is 0 Å². The molecule has 2 aromatic rings. The second-order valence-corrected chi connectivity index (χ2v) is 6.06. The van der Waals surface area contributed by atoms with Crippen molar-refractivity contribution in [2.75, 3.05) is 5.32 Å². The molecule has 3 rings (SSSR count). The third-order valence-corrected chi connectivity index (χ3v) is 3.53. The Balaban J connectivity index is 1.75. The first-order valence-electron chi connectivity index (χ1n) is 7.10. The van der Waals surface area contributed by atoms with E-state index in [2.05, 4.69) is 20.6 Å². The van der Waals surface area contributed by atoms with Crippen LogP contribution in [0.4, 0.5) is 10.3 Å². The number of halogens is 1. The quantitative estimate of drug-likeness (QED) is 0.909. The summed E-state index contributed by atoms with van der Waals surface area (Å²) in [4.78, 5) is 20.2. The van der Waals surface area contributed by atoms with Crippen LogP contribution in [0.5, 0.6) is 0 Å². The molecule has 0 unspecified atom stereocenters. The molecular weight excluding hydrogens is 283 g/mol. The molecule has 2 N–H and O–H groups in total. The fraction of sp³-hybridized carbons (Fsp3) is 0.312. The van der Waals surface area contributed by atoms with Crippen LogP contribution in [-0.4, -0.2) is 21.4 Å². The lowest BCUT2D eigenvalue weighted by molar-refractivity contribution is 0.0961. The zero-order valence-electron chi connectivity index (χ0n) is 12.5. The van der Waals surface area contributed by atoms with Gasteiger partial charge in [0.2, 0.25) is 5.95 Å². The minimum absolute atomic E-state index is 0.170. The molecule has 1 aliphatic rings. The van der Waals surface area contributed by atoms with Crippen LogP contribution in [0.15, 0.2) is 30.5 Å². The van der Waals surface area contributed by atoms with E-state index in [9.17, 15) is 9.18 Å². The van der Waals surface area contributed by atoms with Crippen LogP contribution < -0.4 is 10.6 Å². The SMILES string of the molecule is CC(C)(Cc1ccc(F)cc1)Nc1ncc2c(n1)C(=O)NC2. The normalized spacial score (nSPS) is 13.7. The number of benzene rings is 1. The molecule has 6 heteroatoms. The van der Waals surface area contributed by atoms with Crippen molar-refractivity contribution in [3.05, 3.63) is 53.1 Å². The predicted molar refractivity (Wildman–Crippen MR) is 81.0 cm³/mol. The van der Waals surface area contributed by atoms with Crippen molar-refractivity contribution in [2.45, 2.75) is 32.4 Å². The number of hydrogen-bond acceptors (Lipinski definition) is 4. The van der Waals surface area contributed by atoms with E-state index in [0.717, 1.165) is 11.1 Å². The number of amides is 1. The highest BCUT2D eigenvalue weighted by atomic mass is 19.1. The highest BCUT2D eigenvalue weighted by Crippen LogP contribution is 2.19. The number of rotatable bonds is 4. The van der Waals surface area contributed by atoms with E-state index in [4.69, 9.17) is 0 Å². The van der Waals surface area contributed by atoms with Gasteiger partial charge in [-0.05, 0) is 38.0 Å². The van der Waals surface area contributed by atoms with Crippen molar-refractivity contribution in [2.24, 2.45) is 0 Å². The van der Waals surface area contributed by atoms with Gasteiger partial charge in [-0.2, -0.15) is 0 Å². The predicted octanol–water partition coefficient (Wildman–Crippen LogP) is 2.29. The third-order valence-electron chi connectivity index (χ3n) is 3.53. The van der Waals surface area contributed by atoms with Gasteiger partial charge in [-0.15, -0.1) is 0 Å². The molecule has 0 saturated heterocycles. The lowest BCUT2D eigenvalue weighted by atomic mass is 9.95. The van der Waals surface area contributed by atoms with E-state index in [1.807, 2.05) is 13.8 Å². The number of nitrogens with one attached hydrogen (secondary N) is 2. The van der Waals surface area contributed by atoms with Crippen molar-refractivity contribution >= 4 is 11.9 Å². The molecule has 0 bridgehead atoms. The van der Waals surface area contributed by atoms with E-state index in [1.54, 1.807) is 18.3 Å². The lowest BCUT2D eigenvalue weighted by Gasteiger charge is -2.26. The van der Waals surface area contributed by atoms with Crippen LogP contribution >= 0.6 is 0 Å². The van der Waals surface area contributed by atoms with E-state index >= 15 is 0 Å². The van der Waals surface area contributed by atoms with Gasteiger partial charge in [0.15, 0.2) is 0 Å². The monoisotopic (exact) mass is 300 g/mol. The molecule has 5 nitrogen and oxygen atoms in total. The van der Waals surface area contributed by atoms with Gasteiger partial charge in [0.1, 0.15) is 11.5 Å². The maximum absolute atomic E-state index is 13.0. The fourth-order valence-electron chi connectivity index (χ4n) is 2.51. The zero-order chi connectivity index (χ0) is 15.7. The Kier molecular flexibility index (Phi) is 3.52. The molecule has 114 valence electrons. The number of hydrogen-bond donors (Lipinski definition) is 2. The summed E-state index contributed by atoms with van der Waals surface area (Å²) in [5, 5.41) is 5.95. The summed E-state index contributed by atoms with van der Waals surface area (Å²) in [7, 11) is 0. The zero-order valence-corrected chi connectivity index (χ0v) is 12.5. The Morgan fingerprint density at radius 2 is 2.05 bits per heavy atom. The highest BCUT2D eigenvalue weighted by molar-refractivity contribution is 5.96. The molecule has 0 aliphatic carbocycles. The molecule has 1 amide bonds. The smallest absolute Gasteiger partial charge is 0.270 e. The van der Waals surface area contributed by atoms with Crippen LogP contribution in [0.2, 0.25) is 0 Å². The number of carbonyl (C=O) groups excluding carboxylic acids is 1. The molecule has 0 spiro atoms. The van der Waals surface area contributed by atoms with Gasteiger partial charge < -0.3 is 10.6 Å². The molecule has 1 aliphatic heterocycles. The molecule has 0 saturated carbocycles. The number of nitrogens with zero attached hydrogens (tertiary/aromatic N) is 2. The Hall–Kier alpha value is -2.50. The lowest BCUT2D eigenvalue weighted by Crippen LogP contribution is -2.34. The highest BCUT2D eigenvalue weighted by Gasteiger charge is 2.24. The van der Waals surface area contributed by atoms with E-state index in [1.165, 1.54) is 12.1 Å². The van der Waals surface area contributed by atoms with Gasteiger partial charge in [-0.3, -0.25) is 4.79 Å². The molecule has 2 heterocycles. The molecule has 1 aromatic carbocycles. The molecule has 1 aromatic heterocycles. The summed E-state index contributed by atoms with van der Waals surface area (Å²) in [5.74, 6) is 0.00202. The van der Waals surface area contributed by atoms with Crippen molar-refractivity contribution in [1.82, 2.24) is 15.3 Å². The number of anilines is 1. The summed E-state index contributed by atoms with van der Waals surface area (Å²) in [6.07, 6.45) is 2.34. The molecule has 0 fully saturated rings. The van der Waals surface area contributed by atoms with Crippen molar-refractivity contribution in [3.63, 3.8) is 0 Å². The van der Waals surface area contributed by atoms with Crippen molar-refractivity contribution in [1.29, 1.82) is 0 Å². The Morgan fingerprint density at radius 1 is 1.32 bits per heavy atom. The standard InChI is InChI=1S/C16H17FN4O/c1-16(2,7-10-3-5-12(17)6-4-10)21-15-19-9-11-8-18-14(22)13(11)20-15/h3-6,9H,7-8H2,1-2H3,(H,18,22)(H,19,20,21). The van der Waals surface area contributed by atoms with Crippen LogP contribution in [0.25, 0.3) is 0 Å². The summed E-state index contributed by atoms with van der Waals surface area (Å²) in [6, 6.07) is 6.41. The first-order chi connectivity index (χ1) is 10.4. The molecular formula is C16H17FN4O. The maximum Gasteiger partial charge on any atom is 0.270 e. The first-order valence-corrected chi connectivity index (χ1v) is 7.10. The second kappa shape index (κ2) is 5.36. The Bertz CT molecular complexity index is 713. The fourth-order valence-corrected chi connectivity index (χ4v) is 2.51. The maximum atomic E-state index is 13.0. The van der Waals surface area contributed by atoms with Gasteiger partial charge >= 0.3 is 0 Å². The minimum Gasteiger partial charge on any atom is -0.349 e. The van der Waals surface area contributed by atoms with Gasteiger partial charge in [0.25, 0.3) is 5.91 Å². The van der Waals surface area contributed by atoms with Crippen LogP contribution in [0, 0.1) is 5.82 Å². The van der Waals surface area contributed by atoms with Crippen LogP contribution in [0.1, 0.15) is 35.5 Å². The van der Waals surface area contributed by atoms with E-state index in [0.29, 0.717) is 24.6 Å². The topological polar surface area (TPSA) is 66.9 Å². The average Bonchev–Trinajstić information content (AvgIpc) is 2.82. The van der Waals surface area contributed by atoms with Gasteiger partial charge in [-0.1, -0.05) is 12.1 Å². The Labute approximate surface area is 128 Å². The number of aromatic nitrogens is 2. The molecule has 0 atom stereocenters. The second-order valence-electron chi connectivity index (χ2n) is 6.06. The number of carbonyl (C=O) groups is 1. The van der Waals surface area contributed by atoms with Gasteiger partial charge in [0, 0.05) is 23.8 Å². The number of fused-ring (bicyclic) bond motifs is 1. The summed E-state index contributed by atoms with van der Waals surface area (Å²) < 4.78 is 13.0. The summed E-state index contributed by atoms with van der Waals surface area (Å²) >= 11 is 0. The van der Waals surface area contributed by atoms with Crippen LogP contribution in [-0.2, 0) is 13.0 Å². The largest absolute Gasteiger partial charge is 0.349 e. The Morgan fingerprint density at radius 3 is 2.77 bits per heavy atom. The first kappa shape index (κ1) is 14.4. The van der Waals surface area contributed by atoms with Crippen molar-refractivity contribution < 1.29 is 9.18 Å². The average molecular weight is 300 g/mol. The minimum atomic E-state index is -0.332.